The zero-order valence-electron chi connectivity index (χ0n) is 10.7. The highest BCUT2D eigenvalue weighted by molar-refractivity contribution is 5.67. The van der Waals surface area contributed by atoms with E-state index in [-0.39, 0.29) is 0 Å². The molecule has 0 aliphatic carbocycles. The fourth-order valence-corrected chi connectivity index (χ4v) is 2.12. The van der Waals surface area contributed by atoms with Gasteiger partial charge in [0.2, 0.25) is 0 Å². The molecule has 1 aromatic heterocycles. The van der Waals surface area contributed by atoms with E-state index in [0.29, 0.717) is 17.2 Å². The zero-order chi connectivity index (χ0) is 13.9. The lowest BCUT2D eigenvalue weighted by Gasteiger charge is -2.03. The van der Waals surface area contributed by atoms with E-state index in [1.165, 1.54) is 0 Å². The van der Waals surface area contributed by atoms with Crippen molar-refractivity contribution in [3.8, 4) is 22.6 Å². The SMILES string of the molecule is OC(O)c1[nH]c(-c2ccccc2)nc1-c1ccccc1. The summed E-state index contributed by atoms with van der Waals surface area (Å²) in [6.45, 7) is 0. The third-order valence-electron chi connectivity index (χ3n) is 3.08. The number of rotatable bonds is 3. The number of nitrogens with one attached hydrogen (secondary N) is 1. The van der Waals surface area contributed by atoms with Gasteiger partial charge in [0.25, 0.3) is 0 Å². The second-order valence-electron chi connectivity index (χ2n) is 4.45. The highest BCUT2D eigenvalue weighted by atomic mass is 16.5. The van der Waals surface area contributed by atoms with E-state index in [9.17, 15) is 10.2 Å². The van der Waals surface area contributed by atoms with Crippen LogP contribution >= 0.6 is 0 Å². The van der Waals surface area contributed by atoms with Crippen LogP contribution in [0.15, 0.2) is 60.7 Å². The fourth-order valence-electron chi connectivity index (χ4n) is 2.12. The zero-order valence-corrected chi connectivity index (χ0v) is 10.7. The number of aliphatic hydroxyl groups is 2. The molecule has 0 saturated carbocycles. The van der Waals surface area contributed by atoms with Crippen molar-refractivity contribution in [3.05, 3.63) is 66.4 Å². The molecule has 3 N–H and O–H groups in total. The molecule has 0 aliphatic rings. The topological polar surface area (TPSA) is 69.1 Å². The smallest absolute Gasteiger partial charge is 0.196 e. The van der Waals surface area contributed by atoms with Crippen molar-refractivity contribution in [1.29, 1.82) is 0 Å². The van der Waals surface area contributed by atoms with Gasteiger partial charge in [-0.25, -0.2) is 4.98 Å². The predicted molar refractivity (Wildman–Crippen MR) is 76.6 cm³/mol. The normalized spacial score (nSPS) is 10.9. The lowest BCUT2D eigenvalue weighted by Crippen LogP contribution is -1.97. The van der Waals surface area contributed by atoms with Gasteiger partial charge in [-0.2, -0.15) is 0 Å². The first-order valence-electron chi connectivity index (χ1n) is 6.32. The summed E-state index contributed by atoms with van der Waals surface area (Å²) in [7, 11) is 0. The van der Waals surface area contributed by atoms with Crippen LogP contribution in [0, 0.1) is 0 Å². The number of imidazole rings is 1. The first-order valence-corrected chi connectivity index (χ1v) is 6.32. The summed E-state index contributed by atoms with van der Waals surface area (Å²) in [5.41, 5.74) is 2.60. The Balaban J connectivity index is 2.13. The molecule has 0 saturated heterocycles. The third-order valence-corrected chi connectivity index (χ3v) is 3.08. The van der Waals surface area contributed by atoms with Gasteiger partial charge in [-0.15, -0.1) is 0 Å². The van der Waals surface area contributed by atoms with Crippen LogP contribution in [-0.2, 0) is 0 Å². The Kier molecular flexibility index (Phi) is 3.33. The van der Waals surface area contributed by atoms with Crippen molar-refractivity contribution < 1.29 is 10.2 Å². The van der Waals surface area contributed by atoms with Gasteiger partial charge in [-0.05, 0) is 0 Å². The van der Waals surface area contributed by atoms with Crippen LogP contribution < -0.4 is 0 Å². The molecule has 0 spiro atoms. The van der Waals surface area contributed by atoms with E-state index in [0.717, 1.165) is 11.1 Å². The molecule has 4 heteroatoms. The predicted octanol–water partition coefficient (Wildman–Crippen LogP) is 2.73. The lowest BCUT2D eigenvalue weighted by atomic mass is 10.1. The van der Waals surface area contributed by atoms with E-state index in [1.807, 2.05) is 60.7 Å². The molecule has 0 atom stereocenters. The second kappa shape index (κ2) is 5.28. The first kappa shape index (κ1) is 12.6. The molecule has 3 rings (SSSR count). The maximum Gasteiger partial charge on any atom is 0.196 e. The Morgan fingerprint density at radius 2 is 1.35 bits per heavy atom. The number of aliphatic hydroxyl groups excluding tert-OH is 1. The number of H-pyrrole nitrogens is 1. The number of hydrogen-bond donors (Lipinski definition) is 3. The van der Waals surface area contributed by atoms with Gasteiger partial charge in [-0.1, -0.05) is 60.7 Å². The highest BCUT2D eigenvalue weighted by Crippen LogP contribution is 2.28. The van der Waals surface area contributed by atoms with Gasteiger partial charge >= 0.3 is 0 Å². The van der Waals surface area contributed by atoms with Gasteiger partial charge in [-0.3, -0.25) is 0 Å². The lowest BCUT2D eigenvalue weighted by molar-refractivity contribution is -0.0450. The van der Waals surface area contributed by atoms with Crippen molar-refractivity contribution in [2.75, 3.05) is 0 Å². The maximum absolute atomic E-state index is 9.51. The quantitative estimate of drug-likeness (QED) is 0.638. The Hall–Kier alpha value is -2.43. The van der Waals surface area contributed by atoms with Crippen LogP contribution in [0.25, 0.3) is 22.6 Å². The molecule has 20 heavy (non-hydrogen) atoms. The Labute approximate surface area is 116 Å². The van der Waals surface area contributed by atoms with Gasteiger partial charge in [0.1, 0.15) is 5.82 Å². The van der Waals surface area contributed by atoms with Crippen molar-refractivity contribution >= 4 is 0 Å². The summed E-state index contributed by atoms with van der Waals surface area (Å²) in [5.74, 6) is 0.618. The molecule has 100 valence electrons. The summed E-state index contributed by atoms with van der Waals surface area (Å²) in [4.78, 5) is 7.48. The van der Waals surface area contributed by atoms with Crippen LogP contribution in [0.3, 0.4) is 0 Å². The molecule has 0 radical (unpaired) electrons. The molecule has 1 heterocycles. The molecular weight excluding hydrogens is 252 g/mol. The molecule has 0 aliphatic heterocycles. The van der Waals surface area contributed by atoms with Crippen LogP contribution in [0.5, 0.6) is 0 Å². The second-order valence-corrected chi connectivity index (χ2v) is 4.45. The minimum atomic E-state index is -1.59. The average Bonchev–Trinajstić information content (AvgIpc) is 2.94. The Morgan fingerprint density at radius 3 is 1.90 bits per heavy atom. The monoisotopic (exact) mass is 266 g/mol. The summed E-state index contributed by atoms with van der Waals surface area (Å²) in [5, 5.41) is 19.0. The first-order chi connectivity index (χ1) is 9.75. The van der Waals surface area contributed by atoms with E-state index in [4.69, 9.17) is 0 Å². The van der Waals surface area contributed by atoms with Gasteiger partial charge in [0.15, 0.2) is 6.29 Å². The van der Waals surface area contributed by atoms with E-state index < -0.39 is 6.29 Å². The number of aromatic amines is 1. The molecule has 4 nitrogen and oxygen atoms in total. The molecule has 0 amide bonds. The minimum absolute atomic E-state index is 0.301. The number of nitrogens with zero attached hydrogens (tertiary/aromatic N) is 1. The third kappa shape index (κ3) is 2.34. The molecule has 0 fully saturated rings. The Bertz CT molecular complexity index is 691. The summed E-state index contributed by atoms with van der Waals surface area (Å²) >= 11 is 0. The highest BCUT2D eigenvalue weighted by Gasteiger charge is 2.17. The van der Waals surface area contributed by atoms with Crippen LogP contribution in [0.4, 0.5) is 0 Å². The van der Waals surface area contributed by atoms with E-state index in [2.05, 4.69) is 9.97 Å². The summed E-state index contributed by atoms with van der Waals surface area (Å²) < 4.78 is 0. The van der Waals surface area contributed by atoms with E-state index in [1.54, 1.807) is 0 Å². The van der Waals surface area contributed by atoms with Crippen molar-refractivity contribution in [2.24, 2.45) is 0 Å². The van der Waals surface area contributed by atoms with Crippen LogP contribution in [-0.4, -0.2) is 20.2 Å². The number of benzene rings is 2. The molecule has 0 unspecified atom stereocenters. The van der Waals surface area contributed by atoms with Crippen LogP contribution in [0.1, 0.15) is 12.0 Å². The van der Waals surface area contributed by atoms with Gasteiger partial charge in [0.05, 0.1) is 11.4 Å². The van der Waals surface area contributed by atoms with Crippen molar-refractivity contribution in [2.45, 2.75) is 6.29 Å². The van der Waals surface area contributed by atoms with Gasteiger partial charge < -0.3 is 15.2 Å². The standard InChI is InChI=1S/C16H14N2O2/c19-16(20)14-13(11-7-3-1-4-8-11)17-15(18-14)12-9-5-2-6-10-12/h1-10,16,19-20H,(H,17,18). The molecular formula is C16H14N2O2. The summed E-state index contributed by atoms with van der Waals surface area (Å²) in [6, 6.07) is 19.0. The molecule has 0 bridgehead atoms. The van der Waals surface area contributed by atoms with Crippen LogP contribution in [0.2, 0.25) is 0 Å². The average molecular weight is 266 g/mol. The van der Waals surface area contributed by atoms with Crippen molar-refractivity contribution in [3.63, 3.8) is 0 Å². The molecule has 3 aromatic rings. The Morgan fingerprint density at radius 1 is 0.800 bits per heavy atom. The number of hydrogen-bond acceptors (Lipinski definition) is 3. The van der Waals surface area contributed by atoms with E-state index >= 15 is 0 Å². The van der Waals surface area contributed by atoms with Gasteiger partial charge in [0, 0.05) is 11.1 Å². The maximum atomic E-state index is 9.51. The summed E-state index contributed by atoms with van der Waals surface area (Å²) in [6.07, 6.45) is -1.59. The fraction of sp³-hybridized carbons (Fsp3) is 0.0625. The largest absolute Gasteiger partial charge is 0.363 e. The minimum Gasteiger partial charge on any atom is -0.363 e. The van der Waals surface area contributed by atoms with Crippen molar-refractivity contribution in [1.82, 2.24) is 9.97 Å². The molecule has 2 aromatic carbocycles. The number of aromatic nitrogens is 2.